The van der Waals surface area contributed by atoms with E-state index in [0.29, 0.717) is 17.9 Å². The molecule has 4 heteroatoms. The molecule has 2 N–H and O–H groups in total. The van der Waals surface area contributed by atoms with Crippen molar-refractivity contribution in [1.82, 2.24) is 5.32 Å². The Bertz CT molecular complexity index is 394. The number of thiophene rings is 1. The molecule has 3 atom stereocenters. The van der Waals surface area contributed by atoms with Crippen LogP contribution < -0.4 is 5.32 Å². The molecule has 1 saturated carbocycles. The number of carboxylic acid groups (broad SMARTS) is 1. The normalized spacial score (nSPS) is 29.1. The number of rotatable bonds is 5. The molecule has 0 aliphatic heterocycles. The fourth-order valence-corrected chi connectivity index (χ4v) is 3.94. The SMILES string of the molecule is CC1CCCC(C)C1NC(CC(=O)O)c1cccs1. The Morgan fingerprint density at radius 3 is 2.68 bits per heavy atom. The van der Waals surface area contributed by atoms with Crippen LogP contribution in [0, 0.1) is 11.8 Å². The number of aliphatic carboxylic acids is 1. The summed E-state index contributed by atoms with van der Waals surface area (Å²) in [5.41, 5.74) is 0. The van der Waals surface area contributed by atoms with Crippen LogP contribution in [-0.4, -0.2) is 17.1 Å². The third kappa shape index (κ3) is 3.80. The van der Waals surface area contributed by atoms with Gasteiger partial charge in [0.2, 0.25) is 0 Å². The van der Waals surface area contributed by atoms with Crippen LogP contribution in [-0.2, 0) is 4.79 Å². The highest BCUT2D eigenvalue weighted by Gasteiger charge is 2.30. The van der Waals surface area contributed by atoms with E-state index in [-0.39, 0.29) is 12.5 Å². The van der Waals surface area contributed by atoms with Crippen LogP contribution in [0.15, 0.2) is 17.5 Å². The Kier molecular flexibility index (Phi) is 4.99. The van der Waals surface area contributed by atoms with Crippen molar-refractivity contribution in [2.45, 2.75) is 51.6 Å². The lowest BCUT2D eigenvalue weighted by Gasteiger charge is -2.37. The molecule has 2 rings (SSSR count). The van der Waals surface area contributed by atoms with E-state index < -0.39 is 5.97 Å². The van der Waals surface area contributed by atoms with E-state index in [0.717, 1.165) is 4.88 Å². The third-order valence-electron chi connectivity index (χ3n) is 4.20. The van der Waals surface area contributed by atoms with E-state index in [2.05, 4.69) is 19.2 Å². The molecular weight excluding hydrogens is 258 g/mol. The zero-order chi connectivity index (χ0) is 13.8. The third-order valence-corrected chi connectivity index (χ3v) is 5.19. The highest BCUT2D eigenvalue weighted by atomic mass is 32.1. The smallest absolute Gasteiger partial charge is 0.305 e. The maximum absolute atomic E-state index is 11.1. The minimum absolute atomic E-state index is 0.0505. The molecule has 0 bridgehead atoms. The van der Waals surface area contributed by atoms with Gasteiger partial charge in [-0.15, -0.1) is 11.3 Å². The Balaban J connectivity index is 2.08. The van der Waals surface area contributed by atoms with Gasteiger partial charge < -0.3 is 10.4 Å². The van der Waals surface area contributed by atoms with Gasteiger partial charge in [-0.2, -0.15) is 0 Å². The summed E-state index contributed by atoms with van der Waals surface area (Å²) in [4.78, 5) is 12.2. The topological polar surface area (TPSA) is 49.3 Å². The maximum atomic E-state index is 11.1. The summed E-state index contributed by atoms with van der Waals surface area (Å²) < 4.78 is 0. The number of hydrogen-bond acceptors (Lipinski definition) is 3. The first-order valence-corrected chi connectivity index (χ1v) is 7.97. The zero-order valence-corrected chi connectivity index (χ0v) is 12.5. The fraction of sp³-hybridized carbons (Fsp3) is 0.667. The molecule has 0 aromatic carbocycles. The van der Waals surface area contributed by atoms with E-state index in [4.69, 9.17) is 5.11 Å². The van der Waals surface area contributed by atoms with Gasteiger partial charge in [0.15, 0.2) is 0 Å². The average molecular weight is 281 g/mol. The Morgan fingerprint density at radius 1 is 1.47 bits per heavy atom. The maximum Gasteiger partial charge on any atom is 0.305 e. The van der Waals surface area contributed by atoms with Gasteiger partial charge in [-0.3, -0.25) is 4.79 Å². The minimum Gasteiger partial charge on any atom is -0.481 e. The predicted octanol–water partition coefficient (Wildman–Crippen LogP) is 3.68. The van der Waals surface area contributed by atoms with Crippen LogP contribution >= 0.6 is 11.3 Å². The van der Waals surface area contributed by atoms with Crippen molar-refractivity contribution < 1.29 is 9.90 Å². The van der Waals surface area contributed by atoms with E-state index >= 15 is 0 Å². The fourth-order valence-electron chi connectivity index (χ4n) is 3.15. The second kappa shape index (κ2) is 6.53. The van der Waals surface area contributed by atoms with Crippen molar-refractivity contribution >= 4 is 17.3 Å². The van der Waals surface area contributed by atoms with E-state index in [9.17, 15) is 4.79 Å². The standard InChI is InChI=1S/C15H23NO2S/c1-10-5-3-6-11(2)15(10)16-12(9-14(17)18)13-7-4-8-19-13/h4,7-8,10-12,15-16H,3,5-6,9H2,1-2H3,(H,17,18). The Labute approximate surface area is 119 Å². The quantitative estimate of drug-likeness (QED) is 0.865. The van der Waals surface area contributed by atoms with Crippen LogP contribution in [0.1, 0.15) is 50.4 Å². The second-order valence-corrected chi connectivity index (χ2v) is 6.72. The van der Waals surface area contributed by atoms with Gasteiger partial charge in [-0.25, -0.2) is 0 Å². The number of carboxylic acids is 1. The van der Waals surface area contributed by atoms with Crippen LogP contribution in [0.3, 0.4) is 0 Å². The summed E-state index contributed by atoms with van der Waals surface area (Å²) in [5, 5.41) is 14.7. The molecule has 1 heterocycles. The van der Waals surface area contributed by atoms with Crippen molar-refractivity contribution in [3.8, 4) is 0 Å². The molecule has 3 unspecified atom stereocenters. The highest BCUT2D eigenvalue weighted by molar-refractivity contribution is 7.10. The lowest BCUT2D eigenvalue weighted by molar-refractivity contribution is -0.137. The van der Waals surface area contributed by atoms with Gasteiger partial charge in [0.1, 0.15) is 0 Å². The molecular formula is C15H23NO2S. The lowest BCUT2D eigenvalue weighted by atomic mass is 9.78. The molecule has 0 saturated heterocycles. The molecule has 0 amide bonds. The van der Waals surface area contributed by atoms with Gasteiger partial charge >= 0.3 is 5.97 Å². The van der Waals surface area contributed by atoms with Crippen LogP contribution in [0.4, 0.5) is 0 Å². The molecule has 1 aliphatic carbocycles. The highest BCUT2D eigenvalue weighted by Crippen LogP contribution is 2.32. The molecule has 0 radical (unpaired) electrons. The molecule has 106 valence electrons. The number of nitrogens with one attached hydrogen (secondary N) is 1. The van der Waals surface area contributed by atoms with Gasteiger partial charge in [0.05, 0.1) is 12.5 Å². The van der Waals surface area contributed by atoms with E-state index in [1.165, 1.54) is 19.3 Å². The van der Waals surface area contributed by atoms with Crippen LogP contribution in [0.2, 0.25) is 0 Å². The summed E-state index contributed by atoms with van der Waals surface area (Å²) >= 11 is 1.64. The molecule has 0 spiro atoms. The van der Waals surface area contributed by atoms with E-state index in [1.54, 1.807) is 11.3 Å². The Hall–Kier alpha value is -0.870. The number of carbonyl (C=O) groups is 1. The van der Waals surface area contributed by atoms with Crippen molar-refractivity contribution in [2.24, 2.45) is 11.8 Å². The molecule has 1 aromatic rings. The zero-order valence-electron chi connectivity index (χ0n) is 11.6. The van der Waals surface area contributed by atoms with Crippen molar-refractivity contribution in [3.05, 3.63) is 22.4 Å². The number of hydrogen-bond donors (Lipinski definition) is 2. The summed E-state index contributed by atoms with van der Waals surface area (Å²) in [6.45, 7) is 4.55. The summed E-state index contributed by atoms with van der Waals surface area (Å²) in [5.74, 6) is 0.516. The second-order valence-electron chi connectivity index (χ2n) is 5.74. The molecule has 1 fully saturated rings. The monoisotopic (exact) mass is 281 g/mol. The molecule has 1 aromatic heterocycles. The van der Waals surface area contributed by atoms with Crippen LogP contribution in [0.25, 0.3) is 0 Å². The van der Waals surface area contributed by atoms with Gasteiger partial charge in [0.25, 0.3) is 0 Å². The van der Waals surface area contributed by atoms with Gasteiger partial charge in [0, 0.05) is 10.9 Å². The van der Waals surface area contributed by atoms with E-state index in [1.807, 2.05) is 17.5 Å². The Morgan fingerprint density at radius 2 is 2.16 bits per heavy atom. The average Bonchev–Trinajstić information content (AvgIpc) is 2.85. The predicted molar refractivity (Wildman–Crippen MR) is 78.4 cm³/mol. The lowest BCUT2D eigenvalue weighted by Crippen LogP contribution is -2.44. The van der Waals surface area contributed by atoms with Crippen LogP contribution in [0.5, 0.6) is 0 Å². The van der Waals surface area contributed by atoms with Crippen molar-refractivity contribution in [2.75, 3.05) is 0 Å². The molecule has 1 aliphatic rings. The first-order chi connectivity index (χ1) is 9.08. The largest absolute Gasteiger partial charge is 0.481 e. The van der Waals surface area contributed by atoms with Gasteiger partial charge in [-0.05, 0) is 36.1 Å². The van der Waals surface area contributed by atoms with Crippen molar-refractivity contribution in [1.29, 1.82) is 0 Å². The van der Waals surface area contributed by atoms with Gasteiger partial charge in [-0.1, -0.05) is 26.3 Å². The first kappa shape index (κ1) is 14.5. The minimum atomic E-state index is -0.734. The summed E-state index contributed by atoms with van der Waals surface area (Å²) in [6, 6.07) is 4.40. The summed E-state index contributed by atoms with van der Waals surface area (Å²) in [7, 11) is 0. The molecule has 3 nitrogen and oxygen atoms in total. The first-order valence-electron chi connectivity index (χ1n) is 7.09. The van der Waals surface area contributed by atoms with Crippen molar-refractivity contribution in [3.63, 3.8) is 0 Å². The molecule has 19 heavy (non-hydrogen) atoms. The summed E-state index contributed by atoms with van der Waals surface area (Å²) in [6.07, 6.45) is 3.94.